The van der Waals surface area contributed by atoms with Gasteiger partial charge in [0.15, 0.2) is 5.82 Å². The maximum Gasteiger partial charge on any atom is 0.225 e. The van der Waals surface area contributed by atoms with E-state index in [1.54, 1.807) is 6.07 Å². The number of nitrogens with zero attached hydrogens (tertiary/aromatic N) is 2. The molecule has 0 aliphatic carbocycles. The van der Waals surface area contributed by atoms with Crippen LogP contribution in [0.15, 0.2) is 42.5 Å². The van der Waals surface area contributed by atoms with Crippen molar-refractivity contribution in [3.63, 3.8) is 0 Å². The predicted octanol–water partition coefficient (Wildman–Crippen LogP) is 4.49. The van der Waals surface area contributed by atoms with E-state index in [-0.39, 0.29) is 5.75 Å². The average Bonchev–Trinajstić information content (AvgIpc) is 2.57. The van der Waals surface area contributed by atoms with E-state index in [0.717, 1.165) is 29.3 Å². The molecular formula is C19H20N2O2. The van der Waals surface area contributed by atoms with Gasteiger partial charge in [-0.3, -0.25) is 0 Å². The van der Waals surface area contributed by atoms with E-state index in [9.17, 15) is 5.11 Å². The standard InChI is InChI=1S/C19H20N2O2/c1-3-4-11-23-19-14-7-5-6-8-16(14)20-18(21-19)15-12-13(2)9-10-17(15)22/h5-10,12,22H,3-4,11H2,1-2H3. The minimum Gasteiger partial charge on any atom is -0.507 e. The summed E-state index contributed by atoms with van der Waals surface area (Å²) >= 11 is 0. The first-order chi connectivity index (χ1) is 11.2. The number of phenolic OH excluding ortho intramolecular Hbond substituents is 1. The molecule has 1 N–H and O–H groups in total. The number of ether oxygens (including phenoxy) is 1. The average molecular weight is 308 g/mol. The van der Waals surface area contributed by atoms with Gasteiger partial charge in [0.25, 0.3) is 0 Å². The number of hydrogen-bond acceptors (Lipinski definition) is 4. The van der Waals surface area contributed by atoms with Crippen molar-refractivity contribution in [1.82, 2.24) is 9.97 Å². The molecule has 3 rings (SSSR count). The van der Waals surface area contributed by atoms with Crippen LogP contribution in [0.2, 0.25) is 0 Å². The third-order valence-corrected chi connectivity index (χ3v) is 3.70. The molecule has 0 saturated heterocycles. The quantitative estimate of drug-likeness (QED) is 0.706. The zero-order chi connectivity index (χ0) is 16.2. The van der Waals surface area contributed by atoms with Crippen LogP contribution in [0.4, 0.5) is 0 Å². The molecule has 23 heavy (non-hydrogen) atoms. The molecule has 0 amide bonds. The van der Waals surface area contributed by atoms with Gasteiger partial charge in [-0.15, -0.1) is 0 Å². The van der Waals surface area contributed by atoms with E-state index in [2.05, 4.69) is 16.9 Å². The van der Waals surface area contributed by atoms with Gasteiger partial charge in [0.1, 0.15) is 5.75 Å². The van der Waals surface area contributed by atoms with E-state index in [1.807, 2.05) is 43.3 Å². The minimum atomic E-state index is 0.172. The fraction of sp³-hybridized carbons (Fsp3) is 0.263. The van der Waals surface area contributed by atoms with Crippen LogP contribution in [-0.4, -0.2) is 21.7 Å². The van der Waals surface area contributed by atoms with Crippen LogP contribution in [0.3, 0.4) is 0 Å². The monoisotopic (exact) mass is 308 g/mol. The normalized spacial score (nSPS) is 10.9. The number of aromatic hydroxyl groups is 1. The summed E-state index contributed by atoms with van der Waals surface area (Å²) in [6.45, 7) is 4.72. The zero-order valence-electron chi connectivity index (χ0n) is 13.4. The number of phenols is 1. The second-order valence-corrected chi connectivity index (χ2v) is 5.59. The van der Waals surface area contributed by atoms with Crippen molar-refractivity contribution in [3.05, 3.63) is 48.0 Å². The Balaban J connectivity index is 2.12. The molecule has 0 bridgehead atoms. The first kappa shape index (κ1) is 15.3. The lowest BCUT2D eigenvalue weighted by Crippen LogP contribution is -2.02. The largest absolute Gasteiger partial charge is 0.507 e. The number of unbranched alkanes of at least 4 members (excludes halogenated alkanes) is 1. The second kappa shape index (κ2) is 6.65. The zero-order valence-corrected chi connectivity index (χ0v) is 13.4. The summed E-state index contributed by atoms with van der Waals surface area (Å²) in [5.74, 6) is 1.22. The first-order valence-corrected chi connectivity index (χ1v) is 7.88. The van der Waals surface area contributed by atoms with Crippen LogP contribution in [0.25, 0.3) is 22.3 Å². The molecule has 0 atom stereocenters. The molecule has 0 radical (unpaired) electrons. The van der Waals surface area contributed by atoms with Gasteiger partial charge in [-0.1, -0.05) is 37.1 Å². The van der Waals surface area contributed by atoms with Crippen molar-refractivity contribution < 1.29 is 9.84 Å². The predicted molar refractivity (Wildman–Crippen MR) is 91.8 cm³/mol. The summed E-state index contributed by atoms with van der Waals surface area (Å²) in [5, 5.41) is 11.0. The number of para-hydroxylation sites is 1. The molecule has 0 fully saturated rings. The highest BCUT2D eigenvalue weighted by atomic mass is 16.5. The maximum absolute atomic E-state index is 10.1. The Morgan fingerprint density at radius 1 is 1.09 bits per heavy atom. The number of rotatable bonds is 5. The van der Waals surface area contributed by atoms with E-state index in [1.165, 1.54) is 0 Å². The number of benzene rings is 2. The molecule has 4 nitrogen and oxygen atoms in total. The van der Waals surface area contributed by atoms with Gasteiger partial charge < -0.3 is 9.84 Å². The summed E-state index contributed by atoms with van der Waals surface area (Å²) in [4.78, 5) is 9.14. The number of fused-ring (bicyclic) bond motifs is 1. The van der Waals surface area contributed by atoms with Gasteiger partial charge in [-0.2, -0.15) is 4.98 Å². The van der Waals surface area contributed by atoms with Crippen molar-refractivity contribution in [2.75, 3.05) is 6.61 Å². The lowest BCUT2D eigenvalue weighted by Gasteiger charge is -2.11. The molecule has 0 unspecified atom stereocenters. The van der Waals surface area contributed by atoms with E-state index < -0.39 is 0 Å². The van der Waals surface area contributed by atoms with Crippen LogP contribution in [0, 0.1) is 6.92 Å². The van der Waals surface area contributed by atoms with E-state index in [0.29, 0.717) is 23.9 Å². The van der Waals surface area contributed by atoms with Crippen molar-refractivity contribution in [2.45, 2.75) is 26.7 Å². The molecule has 118 valence electrons. The van der Waals surface area contributed by atoms with Crippen LogP contribution in [0.1, 0.15) is 25.3 Å². The third kappa shape index (κ3) is 3.26. The highest BCUT2D eigenvalue weighted by molar-refractivity contribution is 5.85. The molecule has 2 aromatic carbocycles. The highest BCUT2D eigenvalue weighted by Crippen LogP contribution is 2.31. The molecule has 0 saturated carbocycles. The van der Waals surface area contributed by atoms with Crippen molar-refractivity contribution in [1.29, 1.82) is 0 Å². The van der Waals surface area contributed by atoms with E-state index in [4.69, 9.17) is 4.74 Å². The fourth-order valence-corrected chi connectivity index (χ4v) is 2.42. The number of aromatic nitrogens is 2. The van der Waals surface area contributed by atoms with Crippen LogP contribution in [-0.2, 0) is 0 Å². The third-order valence-electron chi connectivity index (χ3n) is 3.70. The Bertz CT molecular complexity index is 831. The van der Waals surface area contributed by atoms with E-state index >= 15 is 0 Å². The molecule has 3 aromatic rings. The van der Waals surface area contributed by atoms with Gasteiger partial charge in [-0.05, 0) is 37.6 Å². The van der Waals surface area contributed by atoms with Gasteiger partial charge in [0.2, 0.25) is 5.88 Å². The highest BCUT2D eigenvalue weighted by Gasteiger charge is 2.13. The second-order valence-electron chi connectivity index (χ2n) is 5.59. The minimum absolute atomic E-state index is 0.172. The molecule has 0 aliphatic heterocycles. The molecule has 1 heterocycles. The molecular weight excluding hydrogens is 288 g/mol. The smallest absolute Gasteiger partial charge is 0.225 e. The lowest BCUT2D eigenvalue weighted by molar-refractivity contribution is 0.301. The lowest BCUT2D eigenvalue weighted by atomic mass is 10.1. The summed E-state index contributed by atoms with van der Waals surface area (Å²) in [5.41, 5.74) is 2.48. The summed E-state index contributed by atoms with van der Waals surface area (Å²) in [6, 6.07) is 13.2. The number of aryl methyl sites for hydroxylation is 1. The Kier molecular flexibility index (Phi) is 4.42. The molecule has 1 aromatic heterocycles. The maximum atomic E-state index is 10.1. The van der Waals surface area contributed by atoms with Crippen LogP contribution < -0.4 is 4.74 Å². The molecule has 0 spiro atoms. The van der Waals surface area contributed by atoms with Gasteiger partial charge in [0.05, 0.1) is 23.1 Å². The Morgan fingerprint density at radius 2 is 1.91 bits per heavy atom. The summed E-state index contributed by atoms with van der Waals surface area (Å²) in [7, 11) is 0. The van der Waals surface area contributed by atoms with Gasteiger partial charge in [-0.25, -0.2) is 4.98 Å². The van der Waals surface area contributed by atoms with Crippen LogP contribution in [0.5, 0.6) is 11.6 Å². The van der Waals surface area contributed by atoms with Crippen molar-refractivity contribution in [2.24, 2.45) is 0 Å². The summed E-state index contributed by atoms with van der Waals surface area (Å²) < 4.78 is 5.86. The Hall–Kier alpha value is -2.62. The van der Waals surface area contributed by atoms with Gasteiger partial charge in [0, 0.05) is 0 Å². The van der Waals surface area contributed by atoms with Crippen LogP contribution >= 0.6 is 0 Å². The first-order valence-electron chi connectivity index (χ1n) is 7.88. The van der Waals surface area contributed by atoms with Crippen molar-refractivity contribution >= 4 is 10.9 Å². The van der Waals surface area contributed by atoms with Gasteiger partial charge >= 0.3 is 0 Å². The van der Waals surface area contributed by atoms with Crippen molar-refractivity contribution in [3.8, 4) is 23.0 Å². The topological polar surface area (TPSA) is 55.2 Å². The SMILES string of the molecule is CCCCOc1nc(-c2cc(C)ccc2O)nc2ccccc12. The molecule has 0 aliphatic rings. The molecule has 4 heteroatoms. The Morgan fingerprint density at radius 3 is 2.74 bits per heavy atom. The Labute approximate surface area is 135 Å². The number of hydrogen-bond donors (Lipinski definition) is 1. The fourth-order valence-electron chi connectivity index (χ4n) is 2.42. The summed E-state index contributed by atoms with van der Waals surface area (Å²) in [6.07, 6.45) is 2.04.